The topological polar surface area (TPSA) is 114 Å². The third-order valence-electron chi connectivity index (χ3n) is 4.69. The van der Waals surface area contributed by atoms with E-state index in [0.29, 0.717) is 23.9 Å². The number of hydrogen-bond donors (Lipinski definition) is 2. The summed E-state index contributed by atoms with van der Waals surface area (Å²) in [5, 5.41) is 4.66. The van der Waals surface area contributed by atoms with Gasteiger partial charge in [0, 0.05) is 19.5 Å². The normalized spacial score (nSPS) is 15.8. The molecule has 0 aromatic heterocycles. The van der Waals surface area contributed by atoms with Crippen molar-refractivity contribution in [1.82, 2.24) is 10.6 Å². The zero-order valence-electron chi connectivity index (χ0n) is 17.8. The van der Waals surface area contributed by atoms with Gasteiger partial charge in [-0.1, -0.05) is 19.9 Å². The number of nitrogens with zero attached hydrogens (tertiary/aromatic N) is 1. The van der Waals surface area contributed by atoms with E-state index in [1.54, 1.807) is 6.07 Å². The lowest BCUT2D eigenvalue weighted by atomic mass is 10.1. The molecule has 9 nitrogen and oxygen atoms in total. The fourth-order valence-electron chi connectivity index (χ4n) is 3.05. The zero-order chi connectivity index (χ0) is 22.3. The molecule has 2 N–H and O–H groups in total. The molecule has 4 amide bonds. The molecule has 2 rings (SSSR count). The van der Waals surface area contributed by atoms with Gasteiger partial charge in [-0.25, -0.2) is 4.79 Å². The van der Waals surface area contributed by atoms with Crippen LogP contribution >= 0.6 is 0 Å². The number of esters is 1. The smallest absolute Gasteiger partial charge is 0.321 e. The van der Waals surface area contributed by atoms with Crippen molar-refractivity contribution in [3.05, 3.63) is 23.8 Å². The van der Waals surface area contributed by atoms with Crippen molar-refractivity contribution in [2.24, 2.45) is 11.8 Å². The third-order valence-corrected chi connectivity index (χ3v) is 4.69. The molecule has 1 aliphatic heterocycles. The summed E-state index contributed by atoms with van der Waals surface area (Å²) in [6.07, 6.45) is 0.766. The molecule has 1 atom stereocenters. The van der Waals surface area contributed by atoms with Gasteiger partial charge in [0.2, 0.25) is 5.91 Å². The SMILES string of the molecule is COc1ccc(C)cc1N1C[C@H](C(=O)OCC(=O)NC(=O)NCCC(C)C)CC1=O. The molecule has 1 saturated heterocycles. The largest absolute Gasteiger partial charge is 0.495 e. The van der Waals surface area contributed by atoms with E-state index in [-0.39, 0.29) is 18.9 Å². The van der Waals surface area contributed by atoms with Gasteiger partial charge in [0.15, 0.2) is 6.61 Å². The summed E-state index contributed by atoms with van der Waals surface area (Å²) in [6.45, 7) is 5.93. The van der Waals surface area contributed by atoms with Gasteiger partial charge in [-0.15, -0.1) is 0 Å². The van der Waals surface area contributed by atoms with Gasteiger partial charge in [0.25, 0.3) is 5.91 Å². The zero-order valence-corrected chi connectivity index (χ0v) is 17.8. The summed E-state index contributed by atoms with van der Waals surface area (Å²) in [7, 11) is 1.51. The average molecular weight is 419 g/mol. The van der Waals surface area contributed by atoms with Crippen LogP contribution in [0.5, 0.6) is 5.75 Å². The van der Waals surface area contributed by atoms with Crippen molar-refractivity contribution >= 4 is 29.5 Å². The van der Waals surface area contributed by atoms with Crippen molar-refractivity contribution in [1.29, 1.82) is 0 Å². The Kier molecular flexibility index (Phi) is 8.20. The van der Waals surface area contributed by atoms with E-state index in [9.17, 15) is 19.2 Å². The fraction of sp³-hybridized carbons (Fsp3) is 0.524. The summed E-state index contributed by atoms with van der Waals surface area (Å²) >= 11 is 0. The summed E-state index contributed by atoms with van der Waals surface area (Å²) in [5.74, 6) is -1.36. The first-order valence-electron chi connectivity index (χ1n) is 9.90. The van der Waals surface area contributed by atoms with Crippen molar-refractivity contribution in [3.8, 4) is 5.75 Å². The molecule has 0 saturated carbocycles. The number of carbonyl (C=O) groups is 4. The number of benzene rings is 1. The Hall–Kier alpha value is -3.10. The van der Waals surface area contributed by atoms with Crippen LogP contribution < -0.4 is 20.3 Å². The number of carbonyl (C=O) groups excluding carboxylic acids is 4. The van der Waals surface area contributed by atoms with E-state index in [1.165, 1.54) is 12.0 Å². The molecule has 9 heteroatoms. The Morgan fingerprint density at radius 1 is 1.27 bits per heavy atom. The first kappa shape index (κ1) is 23.2. The van der Waals surface area contributed by atoms with Crippen LogP contribution in [0.15, 0.2) is 18.2 Å². The molecule has 0 unspecified atom stereocenters. The van der Waals surface area contributed by atoms with Crippen LogP contribution in [0.1, 0.15) is 32.3 Å². The Balaban J connectivity index is 1.84. The number of imide groups is 1. The van der Waals surface area contributed by atoms with E-state index in [0.717, 1.165) is 12.0 Å². The molecule has 1 aliphatic rings. The molecule has 0 spiro atoms. The van der Waals surface area contributed by atoms with Crippen LogP contribution in [0, 0.1) is 18.8 Å². The minimum Gasteiger partial charge on any atom is -0.495 e. The van der Waals surface area contributed by atoms with Crippen LogP contribution in [-0.4, -0.2) is 50.6 Å². The number of nitrogens with one attached hydrogen (secondary N) is 2. The molecule has 0 radical (unpaired) electrons. The van der Waals surface area contributed by atoms with Gasteiger partial charge in [0.05, 0.1) is 18.7 Å². The summed E-state index contributed by atoms with van der Waals surface area (Å²) in [6, 6.07) is 4.81. The predicted molar refractivity (Wildman–Crippen MR) is 110 cm³/mol. The molecule has 1 fully saturated rings. The van der Waals surface area contributed by atoms with Crippen LogP contribution in [-0.2, 0) is 19.1 Å². The van der Waals surface area contributed by atoms with Crippen molar-refractivity contribution in [2.75, 3.05) is 31.7 Å². The lowest BCUT2D eigenvalue weighted by Crippen LogP contribution is -2.42. The first-order valence-corrected chi connectivity index (χ1v) is 9.90. The lowest BCUT2D eigenvalue weighted by Gasteiger charge is -2.20. The second-order valence-electron chi connectivity index (χ2n) is 7.68. The van der Waals surface area contributed by atoms with Crippen LogP contribution in [0.3, 0.4) is 0 Å². The highest BCUT2D eigenvalue weighted by Gasteiger charge is 2.37. The van der Waals surface area contributed by atoms with E-state index in [2.05, 4.69) is 10.6 Å². The average Bonchev–Trinajstić information content (AvgIpc) is 3.07. The molecule has 0 bridgehead atoms. The molecular formula is C21H29N3O6. The Bertz CT molecular complexity index is 808. The molecule has 1 aromatic carbocycles. The van der Waals surface area contributed by atoms with Gasteiger partial charge in [-0.3, -0.25) is 19.7 Å². The van der Waals surface area contributed by atoms with Crippen molar-refractivity contribution in [3.63, 3.8) is 0 Å². The molecule has 1 aromatic rings. The Morgan fingerprint density at radius 2 is 2.00 bits per heavy atom. The van der Waals surface area contributed by atoms with Gasteiger partial charge >= 0.3 is 12.0 Å². The standard InChI is InChI=1S/C21H29N3O6/c1-13(2)7-8-22-21(28)23-18(25)12-30-20(27)15-10-19(26)24(11-15)16-9-14(3)5-6-17(16)29-4/h5-6,9,13,15H,7-8,10-12H2,1-4H3,(H2,22,23,25,28)/t15-/m1/s1. The number of urea groups is 1. The quantitative estimate of drug-likeness (QED) is 0.621. The predicted octanol–water partition coefficient (Wildman–Crippen LogP) is 1.77. The van der Waals surface area contributed by atoms with E-state index in [1.807, 2.05) is 32.9 Å². The van der Waals surface area contributed by atoms with Gasteiger partial charge in [0.1, 0.15) is 5.75 Å². The number of aryl methyl sites for hydroxylation is 1. The van der Waals surface area contributed by atoms with Crippen LogP contribution in [0.2, 0.25) is 0 Å². The number of rotatable bonds is 8. The van der Waals surface area contributed by atoms with Crippen LogP contribution in [0.4, 0.5) is 10.5 Å². The fourth-order valence-corrected chi connectivity index (χ4v) is 3.05. The molecule has 1 heterocycles. The van der Waals surface area contributed by atoms with Gasteiger partial charge in [-0.05, 0) is 37.0 Å². The first-order chi connectivity index (χ1) is 14.2. The second-order valence-corrected chi connectivity index (χ2v) is 7.68. The lowest BCUT2D eigenvalue weighted by molar-refractivity contribution is -0.152. The highest BCUT2D eigenvalue weighted by atomic mass is 16.5. The molecule has 30 heavy (non-hydrogen) atoms. The number of ether oxygens (including phenoxy) is 2. The number of hydrogen-bond acceptors (Lipinski definition) is 6. The number of methoxy groups -OCH3 is 1. The maximum absolute atomic E-state index is 12.4. The molecule has 0 aliphatic carbocycles. The Morgan fingerprint density at radius 3 is 2.67 bits per heavy atom. The Labute approximate surface area is 176 Å². The van der Waals surface area contributed by atoms with Crippen molar-refractivity contribution in [2.45, 2.75) is 33.6 Å². The second kappa shape index (κ2) is 10.6. The highest BCUT2D eigenvalue weighted by molar-refractivity contribution is 6.01. The highest BCUT2D eigenvalue weighted by Crippen LogP contribution is 2.34. The third kappa shape index (κ3) is 6.47. The van der Waals surface area contributed by atoms with E-state index in [4.69, 9.17) is 9.47 Å². The summed E-state index contributed by atoms with van der Waals surface area (Å²) in [4.78, 5) is 49.6. The van der Waals surface area contributed by atoms with Gasteiger partial charge < -0.3 is 19.7 Å². The monoisotopic (exact) mass is 419 g/mol. The van der Waals surface area contributed by atoms with Gasteiger partial charge in [-0.2, -0.15) is 0 Å². The van der Waals surface area contributed by atoms with E-state index >= 15 is 0 Å². The maximum atomic E-state index is 12.4. The molecule has 164 valence electrons. The van der Waals surface area contributed by atoms with E-state index < -0.39 is 30.4 Å². The van der Waals surface area contributed by atoms with Crippen molar-refractivity contribution < 1.29 is 28.7 Å². The van der Waals surface area contributed by atoms with Crippen LogP contribution in [0.25, 0.3) is 0 Å². The summed E-state index contributed by atoms with van der Waals surface area (Å²) in [5.41, 5.74) is 1.54. The summed E-state index contributed by atoms with van der Waals surface area (Å²) < 4.78 is 10.3. The minimum absolute atomic E-state index is 0.0206. The maximum Gasteiger partial charge on any atom is 0.321 e. The minimum atomic E-state index is -0.730. The number of anilines is 1. The molecular weight excluding hydrogens is 390 g/mol. The number of amides is 4.